The van der Waals surface area contributed by atoms with Gasteiger partial charge in [-0.05, 0) is 25.0 Å². The van der Waals surface area contributed by atoms with Gasteiger partial charge in [0.2, 0.25) is 0 Å². The molecule has 0 spiro atoms. The average molecular weight is 220 g/mol. The molecule has 1 aromatic rings. The summed E-state index contributed by atoms with van der Waals surface area (Å²) >= 11 is 0. The lowest BCUT2D eigenvalue weighted by atomic mass is 10.3. The van der Waals surface area contributed by atoms with Crippen LogP contribution in [0.25, 0.3) is 0 Å². The SMILES string of the molecule is CCCN(CCC)c1cccc(C(=N)N)n1. The van der Waals surface area contributed by atoms with Crippen LogP contribution in [0.15, 0.2) is 18.2 Å². The van der Waals surface area contributed by atoms with Crippen molar-refractivity contribution in [1.29, 1.82) is 5.41 Å². The van der Waals surface area contributed by atoms with Gasteiger partial charge in [-0.2, -0.15) is 0 Å². The maximum absolute atomic E-state index is 7.37. The molecule has 0 aliphatic rings. The minimum atomic E-state index is 0.0230. The molecule has 0 fully saturated rings. The molecule has 0 aliphatic carbocycles. The van der Waals surface area contributed by atoms with Crippen molar-refractivity contribution >= 4 is 11.7 Å². The summed E-state index contributed by atoms with van der Waals surface area (Å²) in [6.45, 7) is 6.28. The van der Waals surface area contributed by atoms with Crippen LogP contribution < -0.4 is 10.6 Å². The first-order chi connectivity index (χ1) is 7.69. The molecule has 4 nitrogen and oxygen atoms in total. The van der Waals surface area contributed by atoms with Crippen LogP contribution >= 0.6 is 0 Å². The molecular weight excluding hydrogens is 200 g/mol. The first-order valence-corrected chi connectivity index (χ1v) is 5.75. The van der Waals surface area contributed by atoms with E-state index < -0.39 is 0 Å². The van der Waals surface area contributed by atoms with E-state index in [1.165, 1.54) is 0 Å². The van der Waals surface area contributed by atoms with Gasteiger partial charge < -0.3 is 10.6 Å². The number of nitrogens with two attached hydrogens (primary N) is 1. The smallest absolute Gasteiger partial charge is 0.141 e. The molecule has 0 radical (unpaired) electrons. The van der Waals surface area contributed by atoms with Gasteiger partial charge in [0.15, 0.2) is 0 Å². The molecular formula is C12H20N4. The second-order valence-corrected chi connectivity index (χ2v) is 3.78. The Balaban J connectivity index is 2.90. The highest BCUT2D eigenvalue weighted by Gasteiger charge is 2.07. The summed E-state index contributed by atoms with van der Waals surface area (Å²) in [5.41, 5.74) is 5.98. The van der Waals surface area contributed by atoms with E-state index in [-0.39, 0.29) is 5.84 Å². The summed E-state index contributed by atoms with van der Waals surface area (Å²) in [5, 5.41) is 7.37. The molecule has 0 atom stereocenters. The summed E-state index contributed by atoms with van der Waals surface area (Å²) in [6, 6.07) is 5.64. The molecule has 1 rings (SSSR count). The number of hydrogen-bond acceptors (Lipinski definition) is 3. The molecule has 0 saturated heterocycles. The van der Waals surface area contributed by atoms with E-state index >= 15 is 0 Å². The maximum Gasteiger partial charge on any atom is 0.141 e. The highest BCUT2D eigenvalue weighted by molar-refractivity contribution is 5.93. The normalized spacial score (nSPS) is 10.1. The Kier molecular flexibility index (Phi) is 4.76. The highest BCUT2D eigenvalue weighted by atomic mass is 15.2. The van der Waals surface area contributed by atoms with E-state index in [0.717, 1.165) is 31.7 Å². The van der Waals surface area contributed by atoms with Crippen LogP contribution in [0.3, 0.4) is 0 Å². The van der Waals surface area contributed by atoms with Crippen LogP contribution in [-0.4, -0.2) is 23.9 Å². The van der Waals surface area contributed by atoms with E-state index in [2.05, 4.69) is 23.7 Å². The van der Waals surface area contributed by atoms with Gasteiger partial charge in [0.05, 0.1) is 0 Å². The molecule has 1 heterocycles. The fraction of sp³-hybridized carbons (Fsp3) is 0.500. The van der Waals surface area contributed by atoms with Gasteiger partial charge in [-0.25, -0.2) is 4.98 Å². The molecule has 88 valence electrons. The standard InChI is InChI=1S/C12H20N4/c1-3-8-16(9-4-2)11-7-5-6-10(15-11)12(13)14/h5-7H,3-4,8-9H2,1-2H3,(H3,13,14). The molecule has 0 amide bonds. The van der Waals surface area contributed by atoms with E-state index in [1.54, 1.807) is 6.07 Å². The van der Waals surface area contributed by atoms with Gasteiger partial charge in [-0.15, -0.1) is 0 Å². The van der Waals surface area contributed by atoms with Crippen molar-refractivity contribution in [3.8, 4) is 0 Å². The minimum Gasteiger partial charge on any atom is -0.382 e. The van der Waals surface area contributed by atoms with E-state index in [1.807, 2.05) is 12.1 Å². The quantitative estimate of drug-likeness (QED) is 0.569. The predicted octanol–water partition coefficient (Wildman–Crippen LogP) is 1.99. The fourth-order valence-corrected chi connectivity index (χ4v) is 1.63. The Hall–Kier alpha value is -1.58. The third kappa shape index (κ3) is 3.22. The summed E-state index contributed by atoms with van der Waals surface area (Å²) < 4.78 is 0. The topological polar surface area (TPSA) is 66.0 Å². The van der Waals surface area contributed by atoms with Gasteiger partial charge in [-0.1, -0.05) is 19.9 Å². The van der Waals surface area contributed by atoms with Crippen LogP contribution in [0.4, 0.5) is 5.82 Å². The van der Waals surface area contributed by atoms with Crippen molar-refractivity contribution in [3.05, 3.63) is 23.9 Å². The zero-order valence-corrected chi connectivity index (χ0v) is 10.0. The number of anilines is 1. The molecule has 0 aliphatic heterocycles. The number of hydrogen-bond donors (Lipinski definition) is 2. The summed E-state index contributed by atoms with van der Waals surface area (Å²) in [5.74, 6) is 0.936. The maximum atomic E-state index is 7.37. The molecule has 0 saturated carbocycles. The van der Waals surface area contributed by atoms with Crippen molar-refractivity contribution in [1.82, 2.24) is 4.98 Å². The Labute approximate surface area is 97.0 Å². The van der Waals surface area contributed by atoms with E-state index in [0.29, 0.717) is 5.69 Å². The first-order valence-electron chi connectivity index (χ1n) is 5.75. The molecule has 0 aromatic carbocycles. The second-order valence-electron chi connectivity index (χ2n) is 3.78. The minimum absolute atomic E-state index is 0.0230. The molecule has 1 aromatic heterocycles. The number of amidine groups is 1. The average Bonchev–Trinajstić information content (AvgIpc) is 2.29. The van der Waals surface area contributed by atoms with Crippen molar-refractivity contribution < 1.29 is 0 Å². The van der Waals surface area contributed by atoms with Gasteiger partial charge in [0.25, 0.3) is 0 Å². The lowest BCUT2D eigenvalue weighted by Crippen LogP contribution is -2.26. The van der Waals surface area contributed by atoms with Crippen molar-refractivity contribution in [2.45, 2.75) is 26.7 Å². The Morgan fingerprint density at radius 3 is 2.44 bits per heavy atom. The number of aromatic nitrogens is 1. The fourth-order valence-electron chi connectivity index (χ4n) is 1.63. The largest absolute Gasteiger partial charge is 0.382 e. The Morgan fingerprint density at radius 1 is 1.31 bits per heavy atom. The third-order valence-electron chi connectivity index (χ3n) is 2.32. The number of pyridine rings is 1. The molecule has 4 heteroatoms. The molecule has 16 heavy (non-hydrogen) atoms. The van der Waals surface area contributed by atoms with Crippen LogP contribution in [-0.2, 0) is 0 Å². The lowest BCUT2D eigenvalue weighted by molar-refractivity contribution is 0.734. The van der Waals surface area contributed by atoms with Gasteiger partial charge in [-0.3, -0.25) is 5.41 Å². The van der Waals surface area contributed by atoms with Crippen LogP contribution in [0.1, 0.15) is 32.4 Å². The summed E-state index contributed by atoms with van der Waals surface area (Å²) in [7, 11) is 0. The third-order valence-corrected chi connectivity index (χ3v) is 2.32. The van der Waals surface area contributed by atoms with Crippen molar-refractivity contribution in [2.75, 3.05) is 18.0 Å². The van der Waals surface area contributed by atoms with Crippen LogP contribution in [0.5, 0.6) is 0 Å². The van der Waals surface area contributed by atoms with Crippen molar-refractivity contribution in [2.24, 2.45) is 5.73 Å². The highest BCUT2D eigenvalue weighted by Crippen LogP contribution is 2.12. The predicted molar refractivity (Wildman–Crippen MR) is 68.0 cm³/mol. The summed E-state index contributed by atoms with van der Waals surface area (Å²) in [4.78, 5) is 6.61. The molecule has 0 bridgehead atoms. The zero-order valence-electron chi connectivity index (χ0n) is 10.0. The van der Waals surface area contributed by atoms with E-state index in [4.69, 9.17) is 11.1 Å². The monoisotopic (exact) mass is 220 g/mol. The first kappa shape index (κ1) is 12.5. The van der Waals surface area contributed by atoms with Gasteiger partial charge in [0.1, 0.15) is 17.3 Å². The number of nitrogen functional groups attached to an aromatic ring is 1. The van der Waals surface area contributed by atoms with Crippen LogP contribution in [0.2, 0.25) is 0 Å². The lowest BCUT2D eigenvalue weighted by Gasteiger charge is -2.22. The number of rotatable bonds is 6. The van der Waals surface area contributed by atoms with Crippen molar-refractivity contribution in [3.63, 3.8) is 0 Å². The van der Waals surface area contributed by atoms with Crippen LogP contribution in [0, 0.1) is 5.41 Å². The van der Waals surface area contributed by atoms with E-state index in [9.17, 15) is 0 Å². The zero-order chi connectivity index (χ0) is 12.0. The molecule has 0 unspecified atom stereocenters. The Bertz CT molecular complexity index is 343. The number of nitrogens with zero attached hydrogens (tertiary/aromatic N) is 2. The van der Waals surface area contributed by atoms with Gasteiger partial charge >= 0.3 is 0 Å². The molecule has 3 N–H and O–H groups in total. The van der Waals surface area contributed by atoms with Gasteiger partial charge in [0, 0.05) is 13.1 Å². The second kappa shape index (κ2) is 6.10. The summed E-state index contributed by atoms with van der Waals surface area (Å²) in [6.07, 6.45) is 2.18. The Morgan fingerprint density at radius 2 is 1.94 bits per heavy atom. The number of nitrogens with one attached hydrogen (secondary N) is 1.